The molecule has 0 saturated carbocycles. The molecule has 5 nitrogen and oxygen atoms in total. The minimum Gasteiger partial charge on any atom is -0.345 e. The third-order valence-corrected chi connectivity index (χ3v) is 8.06. The van der Waals surface area contributed by atoms with Crippen LogP contribution in [0.2, 0.25) is 15.1 Å². The smallest absolute Gasteiger partial charge is 0.243 e. The molecule has 1 aliphatic rings. The lowest BCUT2D eigenvalue weighted by molar-refractivity contribution is 0.385. The first kappa shape index (κ1) is 20.9. The number of anilines is 1. The van der Waals surface area contributed by atoms with E-state index in [-0.39, 0.29) is 4.90 Å². The maximum absolute atomic E-state index is 12.8. The van der Waals surface area contributed by atoms with Gasteiger partial charge in [0.25, 0.3) is 0 Å². The van der Waals surface area contributed by atoms with Gasteiger partial charge in [-0.1, -0.05) is 40.9 Å². The highest BCUT2D eigenvalue weighted by Gasteiger charge is 2.29. The lowest BCUT2D eigenvalue weighted by Crippen LogP contribution is -2.48. The molecule has 2 aromatic carbocycles. The van der Waals surface area contributed by atoms with Gasteiger partial charge in [-0.3, -0.25) is 0 Å². The molecule has 10 heteroatoms. The molecule has 0 amide bonds. The van der Waals surface area contributed by atoms with E-state index in [1.807, 2.05) is 17.5 Å². The molecular weight excluding hydrogens is 473 g/mol. The Bertz CT molecular complexity index is 1120. The molecule has 0 bridgehead atoms. The molecule has 3 aromatic rings. The number of nitrogens with zero attached hydrogens (tertiary/aromatic N) is 3. The zero-order valence-corrected chi connectivity index (χ0v) is 19.0. The van der Waals surface area contributed by atoms with Crippen molar-refractivity contribution < 1.29 is 8.42 Å². The van der Waals surface area contributed by atoms with Crippen LogP contribution in [0.25, 0.3) is 11.3 Å². The van der Waals surface area contributed by atoms with Gasteiger partial charge in [0.15, 0.2) is 5.13 Å². The van der Waals surface area contributed by atoms with Gasteiger partial charge >= 0.3 is 0 Å². The van der Waals surface area contributed by atoms with Crippen molar-refractivity contribution in [1.82, 2.24) is 9.29 Å². The molecule has 1 aliphatic heterocycles. The summed E-state index contributed by atoms with van der Waals surface area (Å²) in [5.41, 5.74) is 1.65. The second-order valence-electron chi connectivity index (χ2n) is 6.52. The average Bonchev–Trinajstić information content (AvgIpc) is 3.18. The molecule has 0 spiro atoms. The fourth-order valence-electron chi connectivity index (χ4n) is 3.14. The largest absolute Gasteiger partial charge is 0.345 e. The van der Waals surface area contributed by atoms with Crippen LogP contribution < -0.4 is 4.90 Å². The highest BCUT2D eigenvalue weighted by atomic mass is 35.5. The number of aromatic nitrogens is 1. The van der Waals surface area contributed by atoms with Gasteiger partial charge in [0.05, 0.1) is 10.6 Å². The van der Waals surface area contributed by atoms with Crippen molar-refractivity contribution >= 4 is 61.3 Å². The molecular formula is C19H16Cl3N3O2S2. The number of hydrogen-bond acceptors (Lipinski definition) is 5. The van der Waals surface area contributed by atoms with Gasteiger partial charge in [-0.15, -0.1) is 11.3 Å². The van der Waals surface area contributed by atoms with Gasteiger partial charge in [0, 0.05) is 52.2 Å². The summed E-state index contributed by atoms with van der Waals surface area (Å²) in [6, 6.07) is 11.7. The maximum atomic E-state index is 12.8. The molecule has 1 fully saturated rings. The number of piperazine rings is 1. The maximum Gasteiger partial charge on any atom is 0.243 e. The lowest BCUT2D eigenvalue weighted by Gasteiger charge is -2.33. The zero-order valence-electron chi connectivity index (χ0n) is 15.1. The van der Waals surface area contributed by atoms with E-state index in [2.05, 4.69) is 9.88 Å². The molecule has 0 aliphatic carbocycles. The summed E-state index contributed by atoms with van der Waals surface area (Å²) < 4.78 is 27.2. The van der Waals surface area contributed by atoms with Crippen molar-refractivity contribution in [3.63, 3.8) is 0 Å². The van der Waals surface area contributed by atoms with E-state index in [0.29, 0.717) is 41.2 Å². The normalized spacial score (nSPS) is 15.6. The molecule has 0 radical (unpaired) electrons. The first-order chi connectivity index (χ1) is 13.8. The van der Waals surface area contributed by atoms with E-state index in [4.69, 9.17) is 34.8 Å². The van der Waals surface area contributed by atoms with Crippen molar-refractivity contribution in [3.8, 4) is 11.3 Å². The van der Waals surface area contributed by atoms with E-state index in [1.54, 1.807) is 24.3 Å². The third-order valence-electron chi connectivity index (χ3n) is 4.59. The van der Waals surface area contributed by atoms with Crippen LogP contribution in [0.1, 0.15) is 0 Å². The Balaban J connectivity index is 1.47. The standard InChI is InChI=1S/C19H16Cl3N3O2S2/c20-14-2-1-3-17(11-14)29(26,27)25-6-4-24(5-7-25)19-23-18(12-28-19)13-8-15(21)10-16(22)9-13/h1-3,8-12H,4-7H2. The monoisotopic (exact) mass is 487 g/mol. The van der Waals surface area contributed by atoms with Crippen molar-refractivity contribution in [3.05, 3.63) is 62.9 Å². The summed E-state index contributed by atoms with van der Waals surface area (Å²) in [5, 5.41) is 4.31. The van der Waals surface area contributed by atoms with E-state index in [9.17, 15) is 8.42 Å². The molecule has 0 N–H and O–H groups in total. The zero-order chi connectivity index (χ0) is 20.6. The molecule has 0 atom stereocenters. The van der Waals surface area contributed by atoms with Crippen LogP contribution in [-0.4, -0.2) is 43.9 Å². The van der Waals surface area contributed by atoms with Crippen molar-refractivity contribution in [2.45, 2.75) is 4.90 Å². The Morgan fingerprint density at radius 3 is 2.24 bits per heavy atom. The minimum absolute atomic E-state index is 0.216. The van der Waals surface area contributed by atoms with Crippen LogP contribution in [0, 0.1) is 0 Å². The Labute approximate surface area is 188 Å². The van der Waals surface area contributed by atoms with Crippen LogP contribution >= 0.6 is 46.1 Å². The lowest BCUT2D eigenvalue weighted by atomic mass is 10.2. The number of hydrogen-bond donors (Lipinski definition) is 0. The Morgan fingerprint density at radius 2 is 1.59 bits per heavy atom. The molecule has 4 rings (SSSR count). The second-order valence-corrected chi connectivity index (χ2v) is 10.6. The van der Waals surface area contributed by atoms with Gasteiger partial charge in [0.2, 0.25) is 10.0 Å². The fraction of sp³-hybridized carbons (Fsp3) is 0.211. The van der Waals surface area contributed by atoms with E-state index >= 15 is 0 Å². The minimum atomic E-state index is -3.56. The Kier molecular flexibility index (Phi) is 6.06. The van der Waals surface area contributed by atoms with Gasteiger partial charge in [-0.05, 0) is 36.4 Å². The summed E-state index contributed by atoms with van der Waals surface area (Å²) >= 11 is 19.6. The number of rotatable bonds is 4. The predicted octanol–water partition coefficient (Wildman–Crippen LogP) is 5.28. The summed E-state index contributed by atoms with van der Waals surface area (Å²) in [4.78, 5) is 6.99. The molecule has 2 heterocycles. The van der Waals surface area contributed by atoms with Crippen LogP contribution in [0.15, 0.2) is 52.7 Å². The third kappa shape index (κ3) is 4.55. The van der Waals surface area contributed by atoms with Crippen molar-refractivity contribution in [2.24, 2.45) is 0 Å². The molecule has 152 valence electrons. The quantitative estimate of drug-likeness (QED) is 0.501. The summed E-state index contributed by atoms with van der Waals surface area (Å²) in [7, 11) is -3.56. The van der Waals surface area contributed by atoms with E-state index < -0.39 is 10.0 Å². The average molecular weight is 489 g/mol. The highest BCUT2D eigenvalue weighted by Crippen LogP contribution is 2.32. The van der Waals surface area contributed by atoms with Crippen LogP contribution in [0.5, 0.6) is 0 Å². The van der Waals surface area contributed by atoms with Gasteiger partial charge in [0.1, 0.15) is 0 Å². The first-order valence-electron chi connectivity index (χ1n) is 8.75. The van der Waals surface area contributed by atoms with Gasteiger partial charge in [-0.25, -0.2) is 13.4 Å². The summed E-state index contributed by atoms with van der Waals surface area (Å²) in [5.74, 6) is 0. The summed E-state index contributed by atoms with van der Waals surface area (Å²) in [6.45, 7) is 1.88. The topological polar surface area (TPSA) is 53.5 Å². The van der Waals surface area contributed by atoms with E-state index in [0.717, 1.165) is 16.4 Å². The van der Waals surface area contributed by atoms with Crippen molar-refractivity contribution in [2.75, 3.05) is 31.1 Å². The number of thiazole rings is 1. The van der Waals surface area contributed by atoms with Crippen LogP contribution in [0.4, 0.5) is 5.13 Å². The molecule has 1 aromatic heterocycles. The van der Waals surface area contributed by atoms with Crippen LogP contribution in [0.3, 0.4) is 0 Å². The molecule has 1 saturated heterocycles. The van der Waals surface area contributed by atoms with Crippen molar-refractivity contribution in [1.29, 1.82) is 0 Å². The molecule has 0 unspecified atom stereocenters. The first-order valence-corrected chi connectivity index (χ1v) is 12.2. The van der Waals surface area contributed by atoms with Gasteiger partial charge < -0.3 is 4.90 Å². The Hall–Kier alpha value is -1.35. The van der Waals surface area contributed by atoms with Crippen LogP contribution in [-0.2, 0) is 10.0 Å². The van der Waals surface area contributed by atoms with E-state index in [1.165, 1.54) is 21.7 Å². The second kappa shape index (κ2) is 8.41. The summed E-state index contributed by atoms with van der Waals surface area (Å²) in [6.07, 6.45) is 0. The Morgan fingerprint density at radius 1 is 0.897 bits per heavy atom. The number of sulfonamides is 1. The fourth-order valence-corrected chi connectivity index (χ4v) is 6.28. The number of benzene rings is 2. The SMILES string of the molecule is O=S(=O)(c1cccc(Cl)c1)N1CCN(c2nc(-c3cc(Cl)cc(Cl)c3)cs2)CC1. The molecule has 29 heavy (non-hydrogen) atoms. The van der Waals surface area contributed by atoms with Gasteiger partial charge in [-0.2, -0.15) is 4.31 Å². The highest BCUT2D eigenvalue weighted by molar-refractivity contribution is 7.89. The number of halogens is 3. The predicted molar refractivity (Wildman–Crippen MR) is 120 cm³/mol.